The van der Waals surface area contributed by atoms with Gasteiger partial charge in [-0.1, -0.05) is 46.5 Å². The molecule has 3 atom stereocenters. The molecule has 0 fully saturated rings. The first-order valence-electron chi connectivity index (χ1n) is 12.2. The van der Waals surface area contributed by atoms with Gasteiger partial charge in [0.05, 0.1) is 13.2 Å². The number of nitrogens with zero attached hydrogens (tertiary/aromatic N) is 1. The van der Waals surface area contributed by atoms with E-state index in [0.717, 1.165) is 64.2 Å². The van der Waals surface area contributed by atoms with Crippen molar-refractivity contribution in [3.63, 3.8) is 0 Å². The van der Waals surface area contributed by atoms with E-state index in [4.69, 9.17) is 11.2 Å². The number of amides is 3. The number of methoxy groups -OCH3 is 1. The van der Waals surface area contributed by atoms with Gasteiger partial charge in [-0.25, -0.2) is 0 Å². The van der Waals surface area contributed by atoms with Gasteiger partial charge in [0.2, 0.25) is 11.8 Å². The molecule has 0 aromatic heterocycles. The monoisotopic (exact) mass is 446 g/mol. The predicted molar refractivity (Wildman–Crippen MR) is 127 cm³/mol. The number of hydrogen-bond donors (Lipinski definition) is 1. The van der Waals surface area contributed by atoms with Crippen LogP contribution in [-0.2, 0) is 19.1 Å². The molecule has 0 saturated carbocycles. The third kappa shape index (κ3) is 9.06. The molecule has 0 radical (unpaired) electrons. The van der Waals surface area contributed by atoms with Gasteiger partial charge in [0.15, 0.2) is 0 Å². The summed E-state index contributed by atoms with van der Waals surface area (Å²) in [7, 11) is 1.54. The normalized spacial score (nSPS) is 17.5. The zero-order chi connectivity index (χ0) is 23.9. The van der Waals surface area contributed by atoms with Gasteiger partial charge in [-0.3, -0.25) is 19.3 Å². The van der Waals surface area contributed by atoms with Crippen LogP contribution in [0.3, 0.4) is 0 Å². The number of rotatable bonds is 16. The van der Waals surface area contributed by atoms with Crippen molar-refractivity contribution >= 4 is 17.7 Å². The molecular formula is C26H42N2O4. The van der Waals surface area contributed by atoms with Crippen LogP contribution in [0.4, 0.5) is 0 Å². The van der Waals surface area contributed by atoms with Crippen LogP contribution in [-0.4, -0.2) is 42.3 Å². The molecule has 6 heteroatoms. The van der Waals surface area contributed by atoms with Crippen molar-refractivity contribution in [3.05, 3.63) is 11.8 Å². The van der Waals surface area contributed by atoms with Crippen molar-refractivity contribution in [3.8, 4) is 12.3 Å². The van der Waals surface area contributed by atoms with Crippen LogP contribution in [0.5, 0.6) is 0 Å². The summed E-state index contributed by atoms with van der Waals surface area (Å²) in [6.07, 6.45) is 16.4. The van der Waals surface area contributed by atoms with Gasteiger partial charge in [0.1, 0.15) is 5.76 Å². The molecule has 1 heterocycles. The summed E-state index contributed by atoms with van der Waals surface area (Å²) >= 11 is 0. The number of imide groups is 1. The summed E-state index contributed by atoms with van der Waals surface area (Å²) in [4.78, 5) is 39.0. The minimum atomic E-state index is -0.348. The summed E-state index contributed by atoms with van der Waals surface area (Å²) in [5.41, 5.74) is 0. The van der Waals surface area contributed by atoms with E-state index in [1.54, 1.807) is 0 Å². The summed E-state index contributed by atoms with van der Waals surface area (Å²) in [5, 5.41) is 2.99. The fourth-order valence-electron chi connectivity index (χ4n) is 4.02. The highest BCUT2D eigenvalue weighted by atomic mass is 16.5. The molecule has 32 heavy (non-hydrogen) atoms. The molecule has 0 spiro atoms. The Morgan fingerprint density at radius 2 is 1.81 bits per heavy atom. The summed E-state index contributed by atoms with van der Waals surface area (Å²) in [6.45, 7) is 6.56. The molecule has 1 aliphatic heterocycles. The molecule has 180 valence electrons. The number of carbonyl (C=O) groups is 3. The van der Waals surface area contributed by atoms with Gasteiger partial charge in [0.25, 0.3) is 5.91 Å². The smallest absolute Gasteiger partial charge is 0.257 e. The molecule has 0 aromatic rings. The maximum Gasteiger partial charge on any atom is 0.257 e. The van der Waals surface area contributed by atoms with Gasteiger partial charge in [-0.05, 0) is 38.5 Å². The van der Waals surface area contributed by atoms with Crippen molar-refractivity contribution in [2.24, 2.45) is 11.8 Å². The number of carbonyl (C=O) groups excluding carboxylic acids is 3. The predicted octanol–water partition coefficient (Wildman–Crippen LogP) is 4.59. The zero-order valence-electron chi connectivity index (χ0n) is 20.5. The SMILES string of the molecule is C#CCCCC[C@H](C)C(=O)NCCCC[C@H]1C(OC)=CC(=O)N1C(=O)[C@H](C)CCCCC. The van der Waals surface area contributed by atoms with Crippen LogP contribution in [0.15, 0.2) is 11.8 Å². The summed E-state index contributed by atoms with van der Waals surface area (Å²) < 4.78 is 5.40. The maximum atomic E-state index is 13.0. The molecule has 6 nitrogen and oxygen atoms in total. The van der Waals surface area contributed by atoms with Crippen molar-refractivity contribution in [1.29, 1.82) is 0 Å². The molecular weight excluding hydrogens is 404 g/mol. The van der Waals surface area contributed by atoms with Crippen LogP contribution in [0.2, 0.25) is 0 Å². The van der Waals surface area contributed by atoms with Crippen LogP contribution < -0.4 is 5.32 Å². The van der Waals surface area contributed by atoms with Crippen molar-refractivity contribution < 1.29 is 19.1 Å². The number of unbranched alkanes of at least 4 members (excludes halogenated alkanes) is 5. The van der Waals surface area contributed by atoms with E-state index in [-0.39, 0.29) is 35.6 Å². The molecule has 3 amide bonds. The molecule has 1 rings (SSSR count). The third-order valence-corrected chi connectivity index (χ3v) is 6.14. The standard InChI is InChI=1S/C26H42N2O4/c1-6-8-10-12-15-20(3)25(30)27-18-14-13-17-22-23(32-5)19-24(29)28(22)26(31)21(4)16-11-9-7-2/h1,19-22H,7-18H2,2-5H3,(H,27,30)/t20-,21+,22-/m0/s1. The Balaban J connectivity index is 2.46. The first-order valence-corrected chi connectivity index (χ1v) is 12.2. The largest absolute Gasteiger partial charge is 0.499 e. The van der Waals surface area contributed by atoms with Crippen molar-refractivity contribution in [2.45, 2.75) is 97.4 Å². The van der Waals surface area contributed by atoms with Crippen LogP contribution in [0.1, 0.15) is 91.4 Å². The van der Waals surface area contributed by atoms with Gasteiger partial charge in [0, 0.05) is 30.9 Å². The Morgan fingerprint density at radius 1 is 1.12 bits per heavy atom. The Bertz CT molecular complexity index is 680. The average Bonchev–Trinajstić information content (AvgIpc) is 3.10. The maximum absolute atomic E-state index is 13.0. The van der Waals surface area contributed by atoms with Gasteiger partial charge >= 0.3 is 0 Å². The van der Waals surface area contributed by atoms with E-state index in [0.29, 0.717) is 18.7 Å². The van der Waals surface area contributed by atoms with Crippen molar-refractivity contribution in [1.82, 2.24) is 10.2 Å². The van der Waals surface area contributed by atoms with Crippen LogP contribution in [0.25, 0.3) is 0 Å². The Kier molecular flexibility index (Phi) is 13.4. The third-order valence-electron chi connectivity index (χ3n) is 6.14. The second kappa shape index (κ2) is 15.5. The average molecular weight is 447 g/mol. The highest BCUT2D eigenvalue weighted by molar-refractivity contribution is 6.04. The summed E-state index contributed by atoms with van der Waals surface area (Å²) in [5.74, 6) is 2.63. The lowest BCUT2D eigenvalue weighted by atomic mass is 10.00. The van der Waals surface area contributed by atoms with Crippen LogP contribution in [0, 0.1) is 24.2 Å². The Hall–Kier alpha value is -2.29. The quantitative estimate of drug-likeness (QED) is 0.278. The minimum Gasteiger partial charge on any atom is -0.499 e. The van der Waals surface area contributed by atoms with E-state index in [1.807, 2.05) is 13.8 Å². The number of ether oxygens (including phenoxy) is 1. The number of nitrogens with one attached hydrogen (secondary N) is 1. The van der Waals surface area contributed by atoms with E-state index < -0.39 is 0 Å². The van der Waals surface area contributed by atoms with E-state index in [2.05, 4.69) is 18.2 Å². The van der Waals surface area contributed by atoms with Gasteiger partial charge in [-0.2, -0.15) is 0 Å². The first kappa shape index (κ1) is 27.7. The molecule has 0 unspecified atom stereocenters. The van der Waals surface area contributed by atoms with E-state index in [1.165, 1.54) is 18.1 Å². The molecule has 1 N–H and O–H groups in total. The fourth-order valence-corrected chi connectivity index (χ4v) is 4.02. The highest BCUT2D eigenvalue weighted by Gasteiger charge is 2.39. The zero-order valence-corrected chi connectivity index (χ0v) is 20.5. The highest BCUT2D eigenvalue weighted by Crippen LogP contribution is 2.27. The Morgan fingerprint density at radius 3 is 2.47 bits per heavy atom. The van der Waals surface area contributed by atoms with Crippen LogP contribution >= 0.6 is 0 Å². The first-order chi connectivity index (χ1) is 15.4. The second-order valence-corrected chi connectivity index (χ2v) is 8.85. The van der Waals surface area contributed by atoms with Gasteiger partial charge < -0.3 is 10.1 Å². The van der Waals surface area contributed by atoms with Crippen molar-refractivity contribution in [2.75, 3.05) is 13.7 Å². The second-order valence-electron chi connectivity index (χ2n) is 8.85. The molecule has 0 aromatic carbocycles. The van der Waals surface area contributed by atoms with Gasteiger partial charge in [-0.15, -0.1) is 12.3 Å². The lowest BCUT2D eigenvalue weighted by Gasteiger charge is -2.27. The number of terminal acetylenes is 1. The van der Waals surface area contributed by atoms with E-state index in [9.17, 15) is 14.4 Å². The lowest BCUT2D eigenvalue weighted by Crippen LogP contribution is -2.43. The molecule has 0 saturated heterocycles. The fraction of sp³-hybridized carbons (Fsp3) is 0.731. The molecule has 0 aliphatic carbocycles. The summed E-state index contributed by atoms with van der Waals surface area (Å²) in [6, 6.07) is -0.348. The molecule has 0 bridgehead atoms. The minimum absolute atomic E-state index is 0.0226. The lowest BCUT2D eigenvalue weighted by molar-refractivity contribution is -0.146. The molecule has 1 aliphatic rings. The topological polar surface area (TPSA) is 75.7 Å². The Labute approximate surface area is 194 Å². The van der Waals surface area contributed by atoms with E-state index >= 15 is 0 Å². The number of hydrogen-bond acceptors (Lipinski definition) is 4.